The maximum atomic E-state index is 13.0. The topological polar surface area (TPSA) is 93.5 Å². The van der Waals surface area contributed by atoms with Gasteiger partial charge < -0.3 is 14.8 Å². The molecule has 0 aliphatic heterocycles. The number of benzene rings is 2. The first-order chi connectivity index (χ1) is 17.3. The lowest BCUT2D eigenvalue weighted by atomic mass is 10.1. The molecule has 2 aromatic carbocycles. The van der Waals surface area contributed by atoms with Crippen molar-refractivity contribution >= 4 is 11.6 Å². The third-order valence-corrected chi connectivity index (χ3v) is 6.07. The van der Waals surface area contributed by atoms with Gasteiger partial charge in [0.1, 0.15) is 11.5 Å². The number of fused-ring (bicyclic) bond motifs is 1. The van der Waals surface area contributed by atoms with E-state index in [0.29, 0.717) is 36.6 Å². The molecule has 0 bridgehead atoms. The molecule has 0 saturated heterocycles. The van der Waals surface area contributed by atoms with E-state index < -0.39 is 6.10 Å². The maximum absolute atomic E-state index is 13.0. The van der Waals surface area contributed by atoms with Crippen LogP contribution < -0.4 is 14.8 Å². The van der Waals surface area contributed by atoms with Gasteiger partial charge in [-0.2, -0.15) is 0 Å². The molecule has 1 amide bonds. The number of aromatic amines is 1. The van der Waals surface area contributed by atoms with Crippen LogP contribution in [0.25, 0.3) is 5.65 Å². The van der Waals surface area contributed by atoms with E-state index in [1.165, 1.54) is 11.1 Å². The fraction of sp³-hybridized carbons (Fsp3) is 0.393. The summed E-state index contributed by atoms with van der Waals surface area (Å²) in [7, 11) is 0. The predicted molar refractivity (Wildman–Crippen MR) is 140 cm³/mol. The van der Waals surface area contributed by atoms with Crippen molar-refractivity contribution in [1.29, 1.82) is 0 Å². The molecule has 4 rings (SSSR count). The lowest BCUT2D eigenvalue weighted by molar-refractivity contribution is -0.128. The van der Waals surface area contributed by atoms with Crippen LogP contribution in [0.3, 0.4) is 0 Å². The number of H-pyrrole nitrogens is 1. The third kappa shape index (κ3) is 6.05. The number of hydrogen-bond acceptors (Lipinski definition) is 5. The summed E-state index contributed by atoms with van der Waals surface area (Å²) in [5.74, 6) is 2.63. The molecule has 1 atom stereocenters. The first-order valence-corrected chi connectivity index (χ1v) is 12.5. The smallest absolute Gasteiger partial charge is 0.261 e. The fourth-order valence-corrected chi connectivity index (χ4v) is 4.04. The Morgan fingerprint density at radius 3 is 2.56 bits per heavy atom. The zero-order valence-electron chi connectivity index (χ0n) is 21.7. The lowest BCUT2D eigenvalue weighted by Crippen LogP contribution is -2.39. The van der Waals surface area contributed by atoms with Gasteiger partial charge >= 0.3 is 0 Å². The number of nitrogens with one attached hydrogen (secondary N) is 2. The molecule has 36 heavy (non-hydrogen) atoms. The summed E-state index contributed by atoms with van der Waals surface area (Å²) in [4.78, 5) is 17.6. The first-order valence-electron chi connectivity index (χ1n) is 12.5. The van der Waals surface area contributed by atoms with Crippen molar-refractivity contribution < 1.29 is 14.3 Å². The number of hydrogen-bond donors (Lipinski definition) is 2. The minimum absolute atomic E-state index is 0.118. The van der Waals surface area contributed by atoms with Crippen molar-refractivity contribution in [3.8, 4) is 17.2 Å². The summed E-state index contributed by atoms with van der Waals surface area (Å²) in [6.45, 7) is 10.5. The quantitative estimate of drug-likeness (QED) is 0.295. The highest BCUT2D eigenvalue weighted by Gasteiger charge is 2.21. The van der Waals surface area contributed by atoms with E-state index in [-0.39, 0.29) is 5.91 Å². The van der Waals surface area contributed by atoms with Crippen LogP contribution in [0, 0.1) is 27.7 Å². The Kier molecular flexibility index (Phi) is 7.93. The molecule has 0 spiro atoms. The zero-order chi connectivity index (χ0) is 25.7. The Labute approximate surface area is 212 Å². The van der Waals surface area contributed by atoms with Gasteiger partial charge in [0, 0.05) is 13.0 Å². The number of rotatable bonds is 11. The number of aryl methyl sites for hydroxylation is 4. The molecule has 4 aromatic rings. The van der Waals surface area contributed by atoms with E-state index >= 15 is 0 Å². The number of nitrogens with zero attached hydrogens (tertiary/aromatic N) is 3. The second kappa shape index (κ2) is 11.3. The number of carbonyl (C=O) groups excluding carboxylic acids is 1. The lowest BCUT2D eigenvalue weighted by Gasteiger charge is -2.20. The molecule has 190 valence electrons. The minimum atomic E-state index is -0.534. The summed E-state index contributed by atoms with van der Waals surface area (Å²) in [5, 5.41) is 10.7. The Morgan fingerprint density at radius 2 is 1.83 bits per heavy atom. The normalized spacial score (nSPS) is 12.0. The number of carbonyl (C=O) groups is 1. The number of aromatic nitrogens is 4. The molecule has 0 fully saturated rings. The van der Waals surface area contributed by atoms with Crippen LogP contribution in [0.4, 0.5) is 0 Å². The minimum Gasteiger partial charge on any atom is -0.480 e. The highest BCUT2D eigenvalue weighted by Crippen LogP contribution is 2.28. The molecule has 1 unspecified atom stereocenters. The van der Waals surface area contributed by atoms with Gasteiger partial charge in [-0.1, -0.05) is 48.7 Å². The Hall–Kier alpha value is -3.81. The molecule has 8 nitrogen and oxygen atoms in total. The van der Waals surface area contributed by atoms with Gasteiger partial charge in [0.25, 0.3) is 5.91 Å². The van der Waals surface area contributed by atoms with E-state index in [9.17, 15) is 4.79 Å². The standard InChI is InChI=1S/C28H35N5O3/c1-6-7-8-24(36-23-14-11-19(3)17-20(23)4)28(34)29-16-15-25-30-27-26(21(5)31-33(27)32-25)35-22-12-9-18(2)10-13-22/h9-14,17,24,31H,6-8,15-16H2,1-5H3,(H,29,34). The molecule has 8 heteroatoms. The van der Waals surface area contributed by atoms with Gasteiger partial charge in [0.2, 0.25) is 5.65 Å². The fourth-order valence-electron chi connectivity index (χ4n) is 4.04. The van der Waals surface area contributed by atoms with E-state index in [2.05, 4.69) is 33.5 Å². The number of ether oxygens (including phenoxy) is 2. The number of unbranched alkanes of at least 4 members (excludes halogenated alkanes) is 1. The summed E-state index contributed by atoms with van der Waals surface area (Å²) in [5.41, 5.74) is 4.82. The average Bonchev–Trinajstić information content (AvgIpc) is 3.36. The van der Waals surface area contributed by atoms with Crippen LogP contribution in [0.2, 0.25) is 0 Å². The highest BCUT2D eigenvalue weighted by molar-refractivity contribution is 5.81. The summed E-state index contributed by atoms with van der Waals surface area (Å²) in [6.07, 6.45) is 2.54. The molecule has 2 heterocycles. The summed E-state index contributed by atoms with van der Waals surface area (Å²) < 4.78 is 13.8. The van der Waals surface area contributed by atoms with Gasteiger partial charge in [-0.25, -0.2) is 4.98 Å². The van der Waals surface area contributed by atoms with Crippen molar-refractivity contribution in [3.05, 3.63) is 70.7 Å². The highest BCUT2D eigenvalue weighted by atomic mass is 16.5. The third-order valence-electron chi connectivity index (χ3n) is 6.07. The van der Waals surface area contributed by atoms with Gasteiger partial charge in [-0.05, 0) is 64.3 Å². The van der Waals surface area contributed by atoms with Gasteiger partial charge in [-0.3, -0.25) is 9.89 Å². The SMILES string of the molecule is CCCCC(Oc1ccc(C)cc1C)C(=O)NCCc1nc2c(Oc3ccc(C)cc3)c(C)[nH]n2n1. The van der Waals surface area contributed by atoms with Crippen LogP contribution in [-0.2, 0) is 11.2 Å². The Balaban J connectivity index is 1.38. The first kappa shape index (κ1) is 25.3. The van der Waals surface area contributed by atoms with E-state index in [1.54, 1.807) is 4.63 Å². The zero-order valence-corrected chi connectivity index (χ0v) is 21.7. The van der Waals surface area contributed by atoms with Crippen molar-refractivity contribution in [1.82, 2.24) is 25.1 Å². The van der Waals surface area contributed by atoms with Gasteiger partial charge in [0.05, 0.1) is 5.69 Å². The molecule has 2 N–H and O–H groups in total. The molecule has 0 aliphatic rings. The number of amides is 1. The summed E-state index contributed by atoms with van der Waals surface area (Å²) in [6, 6.07) is 13.9. The second-order valence-corrected chi connectivity index (χ2v) is 9.30. The van der Waals surface area contributed by atoms with Crippen LogP contribution in [0.1, 0.15) is 54.4 Å². The van der Waals surface area contributed by atoms with Gasteiger partial charge in [0.15, 0.2) is 17.7 Å². The molecular weight excluding hydrogens is 454 g/mol. The van der Waals surface area contributed by atoms with E-state index in [0.717, 1.165) is 35.6 Å². The predicted octanol–water partition coefficient (Wildman–Crippen LogP) is 5.38. The average molecular weight is 490 g/mol. The van der Waals surface area contributed by atoms with Crippen molar-refractivity contribution in [2.24, 2.45) is 0 Å². The monoisotopic (exact) mass is 489 g/mol. The van der Waals surface area contributed by atoms with Crippen molar-refractivity contribution in [2.45, 2.75) is 66.4 Å². The van der Waals surface area contributed by atoms with Crippen LogP contribution in [0.5, 0.6) is 17.2 Å². The van der Waals surface area contributed by atoms with Gasteiger partial charge in [-0.15, -0.1) is 9.73 Å². The second-order valence-electron chi connectivity index (χ2n) is 9.30. The largest absolute Gasteiger partial charge is 0.480 e. The van der Waals surface area contributed by atoms with E-state index in [4.69, 9.17) is 9.47 Å². The Morgan fingerprint density at radius 1 is 1.08 bits per heavy atom. The van der Waals surface area contributed by atoms with Crippen LogP contribution >= 0.6 is 0 Å². The molecule has 0 saturated carbocycles. The van der Waals surface area contributed by atoms with Crippen LogP contribution in [0.15, 0.2) is 42.5 Å². The molecule has 0 aliphatic carbocycles. The molecule has 2 aromatic heterocycles. The van der Waals surface area contributed by atoms with Crippen molar-refractivity contribution in [3.63, 3.8) is 0 Å². The molecular formula is C28H35N5O3. The van der Waals surface area contributed by atoms with E-state index in [1.807, 2.05) is 64.1 Å². The molecule has 0 radical (unpaired) electrons. The van der Waals surface area contributed by atoms with Crippen LogP contribution in [-0.4, -0.2) is 38.4 Å². The maximum Gasteiger partial charge on any atom is 0.261 e. The Bertz CT molecular complexity index is 1320. The summed E-state index contributed by atoms with van der Waals surface area (Å²) >= 11 is 0. The van der Waals surface area contributed by atoms with Crippen molar-refractivity contribution in [2.75, 3.05) is 6.54 Å².